The van der Waals surface area contributed by atoms with E-state index in [0.717, 1.165) is 12.6 Å². The van der Waals surface area contributed by atoms with Gasteiger partial charge >= 0.3 is 6.09 Å². The molecule has 0 saturated carbocycles. The Hall–Kier alpha value is -1.56. The van der Waals surface area contributed by atoms with Crippen LogP contribution in [-0.2, 0) is 10.0 Å². The molecule has 0 aromatic heterocycles. The van der Waals surface area contributed by atoms with Crippen molar-refractivity contribution >= 4 is 16.1 Å². The lowest BCUT2D eigenvalue weighted by atomic mass is 10.2. The number of sulfonamides is 1. The van der Waals surface area contributed by atoms with Crippen molar-refractivity contribution in [2.45, 2.75) is 11.8 Å². The lowest BCUT2D eigenvalue weighted by Crippen LogP contribution is -2.31. The zero-order valence-corrected chi connectivity index (χ0v) is 9.15. The number of nitrogens with zero attached hydrogens (tertiary/aromatic N) is 1. The molecule has 0 unspecified atom stereocenters. The van der Waals surface area contributed by atoms with E-state index in [1.54, 1.807) is 12.1 Å². The minimum absolute atomic E-state index is 0.0296. The zero-order valence-electron chi connectivity index (χ0n) is 8.34. The minimum atomic E-state index is -3.92. The molecule has 0 aliphatic carbocycles. The maximum Gasteiger partial charge on any atom is 0.421 e. The van der Waals surface area contributed by atoms with E-state index in [9.17, 15) is 13.2 Å². The first kappa shape index (κ1) is 11.5. The van der Waals surface area contributed by atoms with Crippen molar-refractivity contribution in [1.29, 1.82) is 0 Å². The van der Waals surface area contributed by atoms with Crippen LogP contribution >= 0.6 is 0 Å². The van der Waals surface area contributed by atoms with Crippen LogP contribution in [0.4, 0.5) is 4.79 Å². The van der Waals surface area contributed by atoms with Crippen LogP contribution in [0.15, 0.2) is 29.2 Å². The molecule has 82 valence electrons. The summed E-state index contributed by atoms with van der Waals surface area (Å²) in [7, 11) is -2.92. The normalized spacial score (nSPS) is 11.1. The second kappa shape index (κ2) is 3.90. The molecule has 0 spiro atoms. The molecule has 0 saturated heterocycles. The van der Waals surface area contributed by atoms with Gasteiger partial charge in [0.25, 0.3) is 10.0 Å². The van der Waals surface area contributed by atoms with E-state index in [2.05, 4.69) is 0 Å². The SMILES string of the molecule is Cc1ccc(S(=O)(=O)N(C)C(=O)O)cc1. The van der Waals surface area contributed by atoms with Crippen molar-refractivity contribution in [1.82, 2.24) is 4.31 Å². The molecule has 1 N–H and O–H groups in total. The third-order valence-electron chi connectivity index (χ3n) is 1.95. The number of carboxylic acid groups (broad SMARTS) is 1. The highest BCUT2D eigenvalue weighted by atomic mass is 32.2. The maximum absolute atomic E-state index is 11.6. The Morgan fingerprint density at radius 2 is 1.73 bits per heavy atom. The van der Waals surface area contributed by atoms with E-state index in [1.807, 2.05) is 6.92 Å². The molecule has 0 aliphatic heterocycles. The third-order valence-corrected chi connectivity index (χ3v) is 3.69. The number of aryl methyl sites for hydroxylation is 1. The van der Waals surface area contributed by atoms with E-state index in [0.29, 0.717) is 0 Å². The molecule has 0 bridgehead atoms. The minimum Gasteiger partial charge on any atom is -0.464 e. The fourth-order valence-electron chi connectivity index (χ4n) is 0.971. The average Bonchev–Trinajstić information content (AvgIpc) is 2.17. The molecule has 0 heterocycles. The number of benzene rings is 1. The van der Waals surface area contributed by atoms with Crippen molar-refractivity contribution in [2.24, 2.45) is 0 Å². The van der Waals surface area contributed by atoms with E-state index in [4.69, 9.17) is 5.11 Å². The Morgan fingerprint density at radius 1 is 1.27 bits per heavy atom. The fraction of sp³-hybridized carbons (Fsp3) is 0.222. The van der Waals surface area contributed by atoms with Crippen molar-refractivity contribution in [2.75, 3.05) is 7.05 Å². The summed E-state index contributed by atoms with van der Waals surface area (Å²) in [5.41, 5.74) is 0.909. The molecular formula is C9H11NO4S. The molecule has 1 aromatic rings. The van der Waals surface area contributed by atoms with Crippen LogP contribution in [0, 0.1) is 6.92 Å². The summed E-state index contributed by atoms with van der Waals surface area (Å²) in [6, 6.07) is 5.99. The van der Waals surface area contributed by atoms with Crippen LogP contribution in [-0.4, -0.2) is 31.0 Å². The summed E-state index contributed by atoms with van der Waals surface area (Å²) in [6.45, 7) is 1.82. The lowest BCUT2D eigenvalue weighted by molar-refractivity contribution is 0.178. The van der Waals surface area contributed by atoms with Gasteiger partial charge in [-0.2, -0.15) is 0 Å². The molecule has 0 atom stereocenters. The lowest BCUT2D eigenvalue weighted by Gasteiger charge is -2.13. The second-order valence-corrected chi connectivity index (χ2v) is 5.04. The molecule has 0 fully saturated rings. The molecule has 6 heteroatoms. The highest BCUT2D eigenvalue weighted by Gasteiger charge is 2.24. The number of carbonyl (C=O) groups is 1. The summed E-state index contributed by atoms with van der Waals surface area (Å²) < 4.78 is 23.5. The quantitative estimate of drug-likeness (QED) is 0.829. The van der Waals surface area contributed by atoms with Gasteiger partial charge < -0.3 is 5.11 Å². The predicted molar refractivity (Wildman–Crippen MR) is 54.2 cm³/mol. The van der Waals surface area contributed by atoms with Gasteiger partial charge in [0.15, 0.2) is 0 Å². The summed E-state index contributed by atoms with van der Waals surface area (Å²) in [6.07, 6.45) is -1.50. The van der Waals surface area contributed by atoms with Crippen molar-refractivity contribution < 1.29 is 18.3 Å². The second-order valence-electron chi connectivity index (χ2n) is 3.07. The first-order chi connectivity index (χ1) is 6.85. The summed E-state index contributed by atoms with van der Waals surface area (Å²) >= 11 is 0. The van der Waals surface area contributed by atoms with Crippen LogP contribution in [0.3, 0.4) is 0 Å². The van der Waals surface area contributed by atoms with Crippen LogP contribution in [0.5, 0.6) is 0 Å². The summed E-state index contributed by atoms with van der Waals surface area (Å²) in [4.78, 5) is 10.5. The molecule has 1 rings (SSSR count). The van der Waals surface area contributed by atoms with E-state index >= 15 is 0 Å². The Balaban J connectivity index is 3.17. The monoisotopic (exact) mass is 229 g/mol. The first-order valence-electron chi connectivity index (χ1n) is 4.14. The van der Waals surface area contributed by atoms with Gasteiger partial charge in [-0.05, 0) is 19.1 Å². The van der Waals surface area contributed by atoms with Crippen molar-refractivity contribution in [3.8, 4) is 0 Å². The van der Waals surface area contributed by atoms with Gasteiger partial charge in [-0.3, -0.25) is 0 Å². The standard InChI is InChI=1S/C9H11NO4S/c1-7-3-5-8(6-4-7)15(13,14)10(2)9(11)12/h3-6H,1-2H3,(H,11,12). The molecular weight excluding hydrogens is 218 g/mol. The number of amides is 1. The number of rotatable bonds is 2. The van der Waals surface area contributed by atoms with Gasteiger partial charge in [0.1, 0.15) is 0 Å². The Bertz CT molecular complexity index is 463. The van der Waals surface area contributed by atoms with E-state index in [1.165, 1.54) is 12.1 Å². The van der Waals surface area contributed by atoms with Crippen LogP contribution in [0.25, 0.3) is 0 Å². The van der Waals surface area contributed by atoms with Crippen LogP contribution in [0.2, 0.25) is 0 Å². The van der Waals surface area contributed by atoms with Gasteiger partial charge in [0.2, 0.25) is 0 Å². The van der Waals surface area contributed by atoms with Crippen molar-refractivity contribution in [3.05, 3.63) is 29.8 Å². The van der Waals surface area contributed by atoms with Gasteiger partial charge in [-0.25, -0.2) is 17.5 Å². The Labute approximate surface area is 88.0 Å². The predicted octanol–water partition coefficient (Wildman–Crippen LogP) is 1.29. The average molecular weight is 229 g/mol. The highest BCUT2D eigenvalue weighted by molar-refractivity contribution is 7.89. The number of hydrogen-bond donors (Lipinski definition) is 1. The molecule has 0 radical (unpaired) electrons. The number of hydrogen-bond acceptors (Lipinski definition) is 3. The third kappa shape index (κ3) is 2.27. The largest absolute Gasteiger partial charge is 0.464 e. The van der Waals surface area contributed by atoms with Crippen LogP contribution < -0.4 is 0 Å². The van der Waals surface area contributed by atoms with E-state index < -0.39 is 16.1 Å². The maximum atomic E-state index is 11.6. The van der Waals surface area contributed by atoms with Gasteiger partial charge in [0.05, 0.1) is 4.90 Å². The van der Waals surface area contributed by atoms with Gasteiger partial charge in [0, 0.05) is 7.05 Å². The topological polar surface area (TPSA) is 74.7 Å². The van der Waals surface area contributed by atoms with Crippen LogP contribution in [0.1, 0.15) is 5.56 Å². The van der Waals surface area contributed by atoms with Crippen molar-refractivity contribution in [3.63, 3.8) is 0 Å². The summed E-state index contributed by atoms with van der Waals surface area (Å²) in [5.74, 6) is 0. The summed E-state index contributed by atoms with van der Waals surface area (Å²) in [5, 5.41) is 8.58. The molecule has 5 nitrogen and oxygen atoms in total. The fourth-order valence-corrected chi connectivity index (χ4v) is 1.97. The molecule has 1 aromatic carbocycles. The molecule has 1 amide bonds. The Kier molecular flexibility index (Phi) is 2.99. The van der Waals surface area contributed by atoms with E-state index in [-0.39, 0.29) is 9.20 Å². The highest BCUT2D eigenvalue weighted by Crippen LogP contribution is 2.14. The first-order valence-corrected chi connectivity index (χ1v) is 5.58. The molecule has 15 heavy (non-hydrogen) atoms. The smallest absolute Gasteiger partial charge is 0.421 e. The zero-order chi connectivity index (χ0) is 11.6. The van der Waals surface area contributed by atoms with Gasteiger partial charge in [-0.15, -0.1) is 0 Å². The molecule has 0 aliphatic rings. The van der Waals surface area contributed by atoms with Gasteiger partial charge in [-0.1, -0.05) is 17.7 Å². The Morgan fingerprint density at radius 3 is 2.13 bits per heavy atom.